The van der Waals surface area contributed by atoms with Crippen LogP contribution in [0.1, 0.15) is 18.4 Å². The van der Waals surface area contributed by atoms with Crippen LogP contribution in [-0.2, 0) is 11.0 Å². The van der Waals surface area contributed by atoms with Crippen LogP contribution in [0.2, 0.25) is 0 Å². The molecule has 0 radical (unpaired) electrons. The highest BCUT2D eigenvalue weighted by Gasteiger charge is 2.30. The van der Waals surface area contributed by atoms with Crippen LogP contribution in [0.25, 0.3) is 11.1 Å². The van der Waals surface area contributed by atoms with E-state index in [1.165, 1.54) is 12.1 Å². The van der Waals surface area contributed by atoms with Crippen molar-refractivity contribution in [1.82, 2.24) is 4.98 Å². The van der Waals surface area contributed by atoms with Gasteiger partial charge in [0.05, 0.1) is 5.56 Å². The van der Waals surface area contributed by atoms with Crippen molar-refractivity contribution >= 4 is 28.4 Å². The third kappa shape index (κ3) is 3.96. The molecule has 1 atom stereocenters. The van der Waals surface area contributed by atoms with Crippen LogP contribution in [0.3, 0.4) is 0 Å². The molecule has 2 N–H and O–H groups in total. The Morgan fingerprint density at radius 3 is 2.42 bits per heavy atom. The summed E-state index contributed by atoms with van der Waals surface area (Å²) in [5.41, 5.74) is 1.52. The minimum absolute atomic E-state index is 0.291. The average Bonchev–Trinajstić information content (AvgIpc) is 2.93. The number of halogens is 3. The van der Waals surface area contributed by atoms with E-state index in [9.17, 15) is 18.0 Å². The molecule has 3 rings (SSSR count). The Balaban J connectivity index is 1.65. The molecule has 0 aliphatic heterocycles. The molecule has 0 aliphatic carbocycles. The first kappa shape index (κ1) is 17.8. The van der Waals surface area contributed by atoms with Crippen molar-refractivity contribution in [2.75, 3.05) is 10.6 Å². The van der Waals surface area contributed by atoms with Crippen LogP contribution in [0, 0.1) is 6.92 Å². The molecule has 5 nitrogen and oxygen atoms in total. The van der Waals surface area contributed by atoms with Crippen molar-refractivity contribution in [2.45, 2.75) is 26.1 Å². The summed E-state index contributed by atoms with van der Waals surface area (Å²) >= 11 is 0. The Morgan fingerprint density at radius 1 is 1.12 bits per heavy atom. The second-order valence-corrected chi connectivity index (χ2v) is 5.85. The molecule has 3 aromatic rings. The van der Waals surface area contributed by atoms with Gasteiger partial charge in [0, 0.05) is 18.3 Å². The van der Waals surface area contributed by atoms with E-state index in [2.05, 4.69) is 15.6 Å². The number of fused-ring (bicyclic) bond motifs is 1. The van der Waals surface area contributed by atoms with E-state index in [0.717, 1.165) is 12.1 Å². The van der Waals surface area contributed by atoms with Gasteiger partial charge in [0.15, 0.2) is 11.5 Å². The molecule has 1 heterocycles. The zero-order valence-corrected chi connectivity index (χ0v) is 14.0. The van der Waals surface area contributed by atoms with Crippen molar-refractivity contribution in [3.63, 3.8) is 0 Å². The highest BCUT2D eigenvalue weighted by atomic mass is 19.4. The number of hydrogen-bond donors (Lipinski definition) is 2. The number of alkyl halides is 3. The molecule has 0 spiro atoms. The summed E-state index contributed by atoms with van der Waals surface area (Å²) in [4.78, 5) is 16.5. The molecule has 136 valence electrons. The van der Waals surface area contributed by atoms with Gasteiger partial charge in [-0.2, -0.15) is 13.2 Å². The molecular weight excluding hydrogens is 347 g/mol. The highest BCUT2D eigenvalue weighted by molar-refractivity contribution is 5.96. The predicted octanol–water partition coefficient (Wildman–Crippen LogP) is 4.59. The van der Waals surface area contributed by atoms with Gasteiger partial charge in [-0.05, 0) is 49.4 Å². The molecule has 26 heavy (non-hydrogen) atoms. The summed E-state index contributed by atoms with van der Waals surface area (Å²) in [5.74, 6) is 0.173. The van der Waals surface area contributed by atoms with Crippen molar-refractivity contribution in [3.8, 4) is 0 Å². The first-order valence-electron chi connectivity index (χ1n) is 7.84. The van der Waals surface area contributed by atoms with E-state index >= 15 is 0 Å². The number of oxazole rings is 1. The Bertz CT molecular complexity index is 933. The predicted molar refractivity (Wildman–Crippen MR) is 91.9 cm³/mol. The van der Waals surface area contributed by atoms with Gasteiger partial charge in [0.1, 0.15) is 11.6 Å². The molecule has 8 heteroatoms. The van der Waals surface area contributed by atoms with Gasteiger partial charge in [-0.3, -0.25) is 4.79 Å². The van der Waals surface area contributed by atoms with E-state index in [4.69, 9.17) is 4.42 Å². The van der Waals surface area contributed by atoms with Gasteiger partial charge in [-0.25, -0.2) is 4.98 Å². The molecule has 2 aromatic carbocycles. The number of amides is 1. The number of nitrogens with one attached hydrogen (secondary N) is 2. The normalized spacial score (nSPS) is 12.8. The first-order valence-corrected chi connectivity index (χ1v) is 7.84. The van der Waals surface area contributed by atoms with Gasteiger partial charge in [-0.1, -0.05) is 0 Å². The van der Waals surface area contributed by atoms with E-state index in [1.54, 1.807) is 32.0 Å². The van der Waals surface area contributed by atoms with Gasteiger partial charge in [-0.15, -0.1) is 0 Å². The minimum atomic E-state index is -4.41. The maximum absolute atomic E-state index is 12.6. The molecular formula is C18H16F3N3O2. The van der Waals surface area contributed by atoms with Crippen molar-refractivity contribution in [3.05, 3.63) is 53.9 Å². The summed E-state index contributed by atoms with van der Waals surface area (Å²) in [6.45, 7) is 3.39. The van der Waals surface area contributed by atoms with Gasteiger partial charge >= 0.3 is 6.18 Å². The fourth-order valence-corrected chi connectivity index (χ4v) is 2.44. The number of carbonyl (C=O) groups is 1. The summed E-state index contributed by atoms with van der Waals surface area (Å²) in [6.07, 6.45) is -4.41. The van der Waals surface area contributed by atoms with Crippen LogP contribution < -0.4 is 10.6 Å². The lowest BCUT2D eigenvalue weighted by atomic mass is 10.2. The molecule has 1 amide bonds. The van der Waals surface area contributed by atoms with Crippen LogP contribution in [-0.4, -0.2) is 16.9 Å². The molecule has 0 fully saturated rings. The van der Waals surface area contributed by atoms with Crippen LogP contribution in [0.15, 0.2) is 46.9 Å². The number of aromatic nitrogens is 1. The maximum atomic E-state index is 12.6. The van der Waals surface area contributed by atoms with E-state index < -0.39 is 17.8 Å². The second-order valence-electron chi connectivity index (χ2n) is 5.85. The van der Waals surface area contributed by atoms with Crippen molar-refractivity contribution in [1.29, 1.82) is 0 Å². The third-order valence-electron chi connectivity index (χ3n) is 3.75. The SMILES string of the molecule is Cc1nc2cc(N[C@H](C)C(=O)Nc3ccc(C(F)(F)F)cc3)ccc2o1. The standard InChI is InChI=1S/C18H16F3N3O2/c1-10(22-14-7-8-16-15(9-14)23-11(2)26-16)17(25)24-13-5-3-12(4-6-13)18(19,20)21/h3-10,22H,1-2H3,(H,24,25)/t10-/m1/s1. The fourth-order valence-electron chi connectivity index (χ4n) is 2.44. The zero-order chi connectivity index (χ0) is 18.9. The van der Waals surface area contributed by atoms with E-state index in [-0.39, 0.29) is 5.91 Å². The monoisotopic (exact) mass is 363 g/mol. The van der Waals surface area contributed by atoms with E-state index in [1.807, 2.05) is 0 Å². The van der Waals surface area contributed by atoms with Crippen LogP contribution in [0.4, 0.5) is 24.5 Å². The van der Waals surface area contributed by atoms with Gasteiger partial charge in [0.2, 0.25) is 5.91 Å². The fraction of sp³-hybridized carbons (Fsp3) is 0.222. The third-order valence-corrected chi connectivity index (χ3v) is 3.75. The molecule has 0 saturated carbocycles. The lowest BCUT2D eigenvalue weighted by Crippen LogP contribution is -2.31. The number of hydrogen-bond acceptors (Lipinski definition) is 4. The Kier molecular flexibility index (Phi) is 4.58. The Morgan fingerprint density at radius 2 is 1.77 bits per heavy atom. The van der Waals surface area contributed by atoms with Crippen molar-refractivity contribution in [2.24, 2.45) is 0 Å². The lowest BCUT2D eigenvalue weighted by Gasteiger charge is -2.15. The first-order chi connectivity index (χ1) is 12.2. The lowest BCUT2D eigenvalue weighted by molar-refractivity contribution is -0.137. The summed E-state index contributed by atoms with van der Waals surface area (Å²) in [7, 11) is 0. The number of nitrogens with zero attached hydrogens (tertiary/aromatic N) is 1. The second kappa shape index (κ2) is 6.70. The topological polar surface area (TPSA) is 67.2 Å². The maximum Gasteiger partial charge on any atom is 0.416 e. The number of anilines is 2. The van der Waals surface area contributed by atoms with Gasteiger partial charge < -0.3 is 15.1 Å². The van der Waals surface area contributed by atoms with Gasteiger partial charge in [0.25, 0.3) is 0 Å². The summed E-state index contributed by atoms with van der Waals surface area (Å²) in [6, 6.07) is 8.95. The Hall–Kier alpha value is -3.03. The largest absolute Gasteiger partial charge is 0.441 e. The number of aryl methyl sites for hydroxylation is 1. The molecule has 0 bridgehead atoms. The zero-order valence-electron chi connectivity index (χ0n) is 14.0. The average molecular weight is 363 g/mol. The highest BCUT2D eigenvalue weighted by Crippen LogP contribution is 2.29. The molecule has 1 aromatic heterocycles. The Labute approximate surface area is 147 Å². The quantitative estimate of drug-likeness (QED) is 0.711. The summed E-state index contributed by atoms with van der Waals surface area (Å²) < 4.78 is 43.1. The number of rotatable bonds is 4. The van der Waals surface area contributed by atoms with E-state index in [0.29, 0.717) is 28.4 Å². The van der Waals surface area contributed by atoms with Crippen LogP contribution in [0.5, 0.6) is 0 Å². The van der Waals surface area contributed by atoms with Crippen molar-refractivity contribution < 1.29 is 22.4 Å². The smallest absolute Gasteiger partial charge is 0.416 e. The molecule has 0 saturated heterocycles. The van der Waals surface area contributed by atoms with Crippen LogP contribution >= 0.6 is 0 Å². The number of benzene rings is 2. The minimum Gasteiger partial charge on any atom is -0.441 e. The molecule has 0 unspecified atom stereocenters. The molecule has 0 aliphatic rings. The summed E-state index contributed by atoms with van der Waals surface area (Å²) in [5, 5.41) is 5.60. The number of carbonyl (C=O) groups excluding carboxylic acids is 1.